The van der Waals surface area contributed by atoms with E-state index >= 15 is 0 Å². The minimum atomic E-state index is 0.482. The molecule has 1 aliphatic carbocycles. The number of alkyl halides is 1. The topological polar surface area (TPSA) is 29.0 Å². The van der Waals surface area contributed by atoms with Crippen LogP contribution in [0, 0.1) is 12.8 Å². The van der Waals surface area contributed by atoms with Crippen LogP contribution in [-0.2, 0) is 5.88 Å². The second kappa shape index (κ2) is 5.87. The van der Waals surface area contributed by atoms with Gasteiger partial charge in [-0.25, -0.2) is 9.97 Å². The molecule has 0 aromatic carbocycles. The standard InChI is InChI=1S/C14H22ClN3/c1-10-5-4-6-13(7-10)18(3)14-16-9-12(8-15)11(2)17-14/h9-10,13H,4-8H2,1-3H3. The molecular formula is C14H22ClN3. The van der Waals surface area contributed by atoms with Crippen LogP contribution >= 0.6 is 11.6 Å². The van der Waals surface area contributed by atoms with Gasteiger partial charge in [0.2, 0.25) is 5.95 Å². The second-order valence-electron chi connectivity index (χ2n) is 5.45. The Labute approximate surface area is 115 Å². The van der Waals surface area contributed by atoms with E-state index in [4.69, 9.17) is 11.6 Å². The van der Waals surface area contributed by atoms with Crippen molar-refractivity contribution in [1.29, 1.82) is 0 Å². The Bertz CT molecular complexity index is 408. The SMILES string of the molecule is Cc1nc(N(C)C2CCCC(C)C2)ncc1CCl. The predicted molar refractivity (Wildman–Crippen MR) is 76.1 cm³/mol. The molecule has 0 saturated heterocycles. The van der Waals surface area contributed by atoms with Crippen LogP contribution in [0.5, 0.6) is 0 Å². The molecule has 1 aromatic rings. The highest BCUT2D eigenvalue weighted by Crippen LogP contribution is 2.28. The summed E-state index contributed by atoms with van der Waals surface area (Å²) in [5.74, 6) is 2.13. The van der Waals surface area contributed by atoms with Crippen molar-refractivity contribution in [1.82, 2.24) is 9.97 Å². The molecule has 3 nitrogen and oxygen atoms in total. The van der Waals surface area contributed by atoms with Gasteiger partial charge in [-0.15, -0.1) is 11.6 Å². The summed E-state index contributed by atoms with van der Waals surface area (Å²) in [6, 6.07) is 0.579. The Morgan fingerprint density at radius 3 is 2.83 bits per heavy atom. The van der Waals surface area contributed by atoms with E-state index in [-0.39, 0.29) is 0 Å². The van der Waals surface area contributed by atoms with Crippen LogP contribution < -0.4 is 4.90 Å². The monoisotopic (exact) mass is 267 g/mol. The summed E-state index contributed by atoms with van der Waals surface area (Å²) in [6.45, 7) is 4.34. The molecule has 0 bridgehead atoms. The van der Waals surface area contributed by atoms with E-state index < -0.39 is 0 Å². The first-order chi connectivity index (χ1) is 8.61. The number of anilines is 1. The fourth-order valence-electron chi connectivity index (χ4n) is 2.70. The van der Waals surface area contributed by atoms with E-state index in [1.807, 2.05) is 13.1 Å². The molecule has 18 heavy (non-hydrogen) atoms. The summed E-state index contributed by atoms with van der Waals surface area (Å²) >= 11 is 5.84. The number of hydrogen-bond donors (Lipinski definition) is 0. The Kier molecular flexibility index (Phi) is 4.44. The summed E-state index contributed by atoms with van der Waals surface area (Å²) in [5, 5.41) is 0. The number of halogens is 1. The van der Waals surface area contributed by atoms with Gasteiger partial charge < -0.3 is 4.90 Å². The molecule has 100 valence electrons. The molecule has 0 spiro atoms. The van der Waals surface area contributed by atoms with E-state index in [1.54, 1.807) is 0 Å². The lowest BCUT2D eigenvalue weighted by molar-refractivity contribution is 0.334. The Morgan fingerprint density at radius 1 is 1.44 bits per heavy atom. The molecule has 4 heteroatoms. The van der Waals surface area contributed by atoms with Crippen molar-refractivity contribution in [3.8, 4) is 0 Å². The molecule has 2 rings (SSSR count). The highest BCUT2D eigenvalue weighted by molar-refractivity contribution is 6.17. The van der Waals surface area contributed by atoms with E-state index in [0.29, 0.717) is 11.9 Å². The summed E-state index contributed by atoms with van der Waals surface area (Å²) in [5.41, 5.74) is 2.01. The van der Waals surface area contributed by atoms with Crippen LogP contribution in [0.25, 0.3) is 0 Å². The van der Waals surface area contributed by atoms with E-state index in [0.717, 1.165) is 23.1 Å². The summed E-state index contributed by atoms with van der Waals surface area (Å²) in [4.78, 5) is 11.3. The molecule has 0 amide bonds. The first-order valence-corrected chi connectivity index (χ1v) is 7.26. The molecule has 1 saturated carbocycles. The third-order valence-electron chi connectivity index (χ3n) is 3.98. The van der Waals surface area contributed by atoms with Crippen LogP contribution in [0.1, 0.15) is 43.9 Å². The zero-order chi connectivity index (χ0) is 13.1. The number of nitrogens with zero attached hydrogens (tertiary/aromatic N) is 3. The van der Waals surface area contributed by atoms with Crippen molar-refractivity contribution >= 4 is 17.5 Å². The van der Waals surface area contributed by atoms with Crippen molar-refractivity contribution in [3.05, 3.63) is 17.5 Å². The molecule has 2 unspecified atom stereocenters. The highest BCUT2D eigenvalue weighted by atomic mass is 35.5. The van der Waals surface area contributed by atoms with Crippen molar-refractivity contribution in [2.75, 3.05) is 11.9 Å². The summed E-state index contributed by atoms with van der Waals surface area (Å²) in [6.07, 6.45) is 7.02. The van der Waals surface area contributed by atoms with Crippen molar-refractivity contribution in [2.45, 2.75) is 51.5 Å². The van der Waals surface area contributed by atoms with Gasteiger partial charge >= 0.3 is 0 Å². The number of rotatable bonds is 3. The summed E-state index contributed by atoms with van der Waals surface area (Å²) < 4.78 is 0. The minimum Gasteiger partial charge on any atom is -0.341 e. The minimum absolute atomic E-state index is 0.482. The second-order valence-corrected chi connectivity index (χ2v) is 5.72. The van der Waals surface area contributed by atoms with E-state index in [2.05, 4.69) is 28.8 Å². The number of aromatic nitrogens is 2. The van der Waals surface area contributed by atoms with Crippen molar-refractivity contribution in [3.63, 3.8) is 0 Å². The number of hydrogen-bond acceptors (Lipinski definition) is 3. The van der Waals surface area contributed by atoms with Gasteiger partial charge in [-0.2, -0.15) is 0 Å². The molecule has 1 aliphatic rings. The zero-order valence-electron chi connectivity index (χ0n) is 11.5. The highest BCUT2D eigenvalue weighted by Gasteiger charge is 2.24. The molecule has 0 aliphatic heterocycles. The maximum absolute atomic E-state index is 5.84. The normalized spacial score (nSPS) is 24.0. The van der Waals surface area contributed by atoms with Crippen LogP contribution in [0.4, 0.5) is 5.95 Å². The first-order valence-electron chi connectivity index (χ1n) is 6.73. The third kappa shape index (κ3) is 2.94. The van der Waals surface area contributed by atoms with Gasteiger partial charge in [-0.3, -0.25) is 0 Å². The lowest BCUT2D eigenvalue weighted by Gasteiger charge is -2.34. The van der Waals surface area contributed by atoms with Gasteiger partial charge in [0.05, 0.1) is 5.88 Å². The zero-order valence-corrected chi connectivity index (χ0v) is 12.2. The molecule has 1 fully saturated rings. The quantitative estimate of drug-likeness (QED) is 0.785. The average molecular weight is 268 g/mol. The molecule has 0 radical (unpaired) electrons. The molecule has 2 atom stereocenters. The van der Waals surface area contributed by atoms with Gasteiger partial charge in [0, 0.05) is 30.5 Å². The van der Waals surface area contributed by atoms with Gasteiger partial charge in [0.1, 0.15) is 0 Å². The van der Waals surface area contributed by atoms with Gasteiger partial charge in [-0.1, -0.05) is 19.8 Å². The van der Waals surface area contributed by atoms with Crippen molar-refractivity contribution < 1.29 is 0 Å². The molecule has 1 heterocycles. The van der Waals surface area contributed by atoms with Crippen LogP contribution in [0.15, 0.2) is 6.20 Å². The third-order valence-corrected chi connectivity index (χ3v) is 4.27. The van der Waals surface area contributed by atoms with Gasteiger partial charge in [0.15, 0.2) is 0 Å². The lowest BCUT2D eigenvalue weighted by atomic mass is 9.86. The molecule has 0 N–H and O–H groups in total. The van der Waals surface area contributed by atoms with E-state index in [1.165, 1.54) is 25.7 Å². The smallest absolute Gasteiger partial charge is 0.225 e. The lowest BCUT2D eigenvalue weighted by Crippen LogP contribution is -2.36. The fraction of sp³-hybridized carbons (Fsp3) is 0.714. The Balaban J connectivity index is 2.12. The molecular weight excluding hydrogens is 246 g/mol. The van der Waals surface area contributed by atoms with Crippen LogP contribution in [-0.4, -0.2) is 23.1 Å². The largest absolute Gasteiger partial charge is 0.341 e. The average Bonchev–Trinajstić information content (AvgIpc) is 2.37. The van der Waals surface area contributed by atoms with Crippen molar-refractivity contribution in [2.24, 2.45) is 5.92 Å². The van der Waals surface area contributed by atoms with E-state index in [9.17, 15) is 0 Å². The Morgan fingerprint density at radius 2 is 2.22 bits per heavy atom. The van der Waals surface area contributed by atoms with Gasteiger partial charge in [0.25, 0.3) is 0 Å². The number of aryl methyl sites for hydroxylation is 1. The first kappa shape index (κ1) is 13.6. The predicted octanol–water partition coefficient (Wildman–Crippen LogP) is 3.54. The Hall–Kier alpha value is -0.830. The molecule has 1 aromatic heterocycles. The van der Waals surface area contributed by atoms with Crippen LogP contribution in [0.3, 0.4) is 0 Å². The van der Waals surface area contributed by atoms with Crippen LogP contribution in [0.2, 0.25) is 0 Å². The fourth-order valence-corrected chi connectivity index (χ4v) is 2.96. The maximum atomic E-state index is 5.84. The van der Waals surface area contributed by atoms with Gasteiger partial charge in [-0.05, 0) is 25.7 Å². The maximum Gasteiger partial charge on any atom is 0.225 e. The summed E-state index contributed by atoms with van der Waals surface area (Å²) in [7, 11) is 2.11.